The lowest BCUT2D eigenvalue weighted by Gasteiger charge is -2.31. The van der Waals surface area contributed by atoms with Crippen LogP contribution in [0.2, 0.25) is 5.02 Å². The smallest absolute Gasteiger partial charge is 0.316 e. The average molecular weight is 421 g/mol. The molecule has 2 aromatic carbocycles. The fourth-order valence-electron chi connectivity index (χ4n) is 3.23. The van der Waals surface area contributed by atoms with Crippen LogP contribution in [0.15, 0.2) is 41.3 Å². The van der Waals surface area contributed by atoms with E-state index in [1.165, 1.54) is 16.7 Å². The second-order valence-electron chi connectivity index (χ2n) is 6.62. The Labute approximate surface area is 172 Å². The molecule has 0 saturated carbocycles. The average Bonchev–Trinajstić information content (AvgIpc) is 2.70. The zero-order valence-electron chi connectivity index (χ0n) is 15.2. The molecule has 1 saturated heterocycles. The van der Waals surface area contributed by atoms with Crippen molar-refractivity contribution in [3.05, 3.63) is 41.4 Å². The van der Waals surface area contributed by atoms with E-state index >= 15 is 0 Å². The highest BCUT2D eigenvalue weighted by molar-refractivity contribution is 8.00. The highest BCUT2D eigenvalue weighted by atomic mass is 35.5. The minimum Gasteiger partial charge on any atom is -0.455 e. The first-order valence-electron chi connectivity index (χ1n) is 8.98. The number of piperidine rings is 1. The summed E-state index contributed by atoms with van der Waals surface area (Å²) in [6.45, 7) is 0.500. The number of thioether (sulfide) groups is 1. The number of carbonyl (C=O) groups is 3. The number of hydrogen-bond donors (Lipinski definition) is 1. The molecule has 28 heavy (non-hydrogen) atoms. The molecule has 1 heterocycles. The predicted molar refractivity (Wildman–Crippen MR) is 109 cm³/mol. The summed E-state index contributed by atoms with van der Waals surface area (Å²) >= 11 is 7.61. The fraction of sp³-hybridized carbons (Fsp3) is 0.350. The van der Waals surface area contributed by atoms with Crippen LogP contribution in [0.25, 0.3) is 10.8 Å². The number of rotatable bonds is 6. The third kappa shape index (κ3) is 4.97. The van der Waals surface area contributed by atoms with Gasteiger partial charge < -0.3 is 15.4 Å². The van der Waals surface area contributed by atoms with Crippen LogP contribution in [0.3, 0.4) is 0 Å². The zero-order valence-corrected chi connectivity index (χ0v) is 16.8. The summed E-state index contributed by atoms with van der Waals surface area (Å²) in [6, 6.07) is 11.4. The molecular weight excluding hydrogens is 400 g/mol. The van der Waals surface area contributed by atoms with Crippen molar-refractivity contribution < 1.29 is 19.1 Å². The number of fused-ring (bicyclic) bond motifs is 1. The number of carbonyl (C=O) groups excluding carboxylic acids is 3. The van der Waals surface area contributed by atoms with Gasteiger partial charge >= 0.3 is 5.97 Å². The van der Waals surface area contributed by atoms with Crippen molar-refractivity contribution in [2.45, 2.75) is 17.7 Å². The Morgan fingerprint density at radius 2 is 1.96 bits per heavy atom. The standard InChI is InChI=1S/C20H21ClN2O4S/c21-15-7-1-4-13-5-2-8-16(19(13)15)28-12-18(25)27-11-17(24)23-9-3-6-14(10-23)20(22)26/h1-2,4-5,7-8,14H,3,6,9-12H2,(H2,22,26)/t14-/m1/s1. The number of ether oxygens (including phenoxy) is 1. The molecule has 0 spiro atoms. The molecular formula is C20H21ClN2O4S. The number of nitrogens with zero attached hydrogens (tertiary/aromatic N) is 1. The van der Waals surface area contributed by atoms with Crippen molar-refractivity contribution in [2.75, 3.05) is 25.4 Å². The molecule has 1 atom stereocenters. The van der Waals surface area contributed by atoms with Crippen molar-refractivity contribution in [3.63, 3.8) is 0 Å². The molecule has 0 aliphatic carbocycles. The van der Waals surface area contributed by atoms with Gasteiger partial charge in [-0.25, -0.2) is 0 Å². The lowest BCUT2D eigenvalue weighted by molar-refractivity contribution is -0.151. The largest absolute Gasteiger partial charge is 0.455 e. The van der Waals surface area contributed by atoms with Crippen molar-refractivity contribution in [2.24, 2.45) is 11.7 Å². The Balaban J connectivity index is 1.51. The molecule has 1 fully saturated rings. The number of halogens is 1. The van der Waals surface area contributed by atoms with Crippen LogP contribution >= 0.6 is 23.4 Å². The summed E-state index contributed by atoms with van der Waals surface area (Å²) in [4.78, 5) is 38.0. The molecule has 148 valence electrons. The molecule has 8 heteroatoms. The molecule has 6 nitrogen and oxygen atoms in total. The SMILES string of the molecule is NC(=O)[C@@H]1CCCN(C(=O)COC(=O)CSc2cccc3cccc(Cl)c23)C1. The van der Waals surface area contributed by atoms with Crippen molar-refractivity contribution in [3.8, 4) is 0 Å². The van der Waals surface area contributed by atoms with E-state index < -0.39 is 11.9 Å². The minimum atomic E-state index is -0.481. The van der Waals surface area contributed by atoms with Gasteiger partial charge in [0, 0.05) is 28.4 Å². The van der Waals surface area contributed by atoms with E-state index in [0.29, 0.717) is 24.4 Å². The Morgan fingerprint density at radius 3 is 2.71 bits per heavy atom. The minimum absolute atomic E-state index is 0.0710. The van der Waals surface area contributed by atoms with Crippen molar-refractivity contribution in [1.82, 2.24) is 4.90 Å². The molecule has 2 N–H and O–H groups in total. The van der Waals surface area contributed by atoms with Crippen LogP contribution in [0.4, 0.5) is 0 Å². The van der Waals surface area contributed by atoms with Gasteiger partial charge in [-0.3, -0.25) is 14.4 Å². The molecule has 2 aromatic rings. The van der Waals surface area contributed by atoms with Gasteiger partial charge in [-0.2, -0.15) is 0 Å². The van der Waals surface area contributed by atoms with E-state index in [2.05, 4.69) is 0 Å². The molecule has 3 rings (SSSR count). The number of hydrogen-bond acceptors (Lipinski definition) is 5. The van der Waals surface area contributed by atoms with E-state index in [0.717, 1.165) is 15.7 Å². The molecule has 0 aromatic heterocycles. The van der Waals surface area contributed by atoms with Crippen LogP contribution in [0.1, 0.15) is 12.8 Å². The Kier molecular flexibility index (Phi) is 6.80. The van der Waals surface area contributed by atoms with Crippen LogP contribution in [-0.2, 0) is 19.1 Å². The first-order chi connectivity index (χ1) is 13.5. The van der Waals surface area contributed by atoms with Crippen LogP contribution < -0.4 is 5.73 Å². The molecule has 0 unspecified atom stereocenters. The highest BCUT2D eigenvalue weighted by Crippen LogP contribution is 2.33. The first-order valence-corrected chi connectivity index (χ1v) is 10.3. The molecule has 1 aliphatic rings. The topological polar surface area (TPSA) is 89.7 Å². The number of esters is 1. The van der Waals surface area contributed by atoms with Crippen LogP contribution in [0.5, 0.6) is 0 Å². The molecule has 0 bridgehead atoms. The number of primary amides is 1. The maximum atomic E-state index is 12.2. The monoisotopic (exact) mass is 420 g/mol. The molecule has 2 amide bonds. The second kappa shape index (κ2) is 9.30. The summed E-state index contributed by atoms with van der Waals surface area (Å²) in [5, 5.41) is 2.51. The third-order valence-electron chi connectivity index (χ3n) is 4.69. The molecule has 0 radical (unpaired) electrons. The van der Waals surface area contributed by atoms with Crippen molar-refractivity contribution in [1.29, 1.82) is 0 Å². The number of amides is 2. The molecule has 1 aliphatic heterocycles. The van der Waals surface area contributed by atoms with Gasteiger partial charge in [0.05, 0.1) is 11.7 Å². The van der Waals surface area contributed by atoms with Gasteiger partial charge in [-0.05, 0) is 30.4 Å². The van der Waals surface area contributed by atoms with E-state index in [4.69, 9.17) is 22.1 Å². The third-order valence-corrected chi connectivity index (χ3v) is 6.04. The van der Waals surface area contributed by atoms with Crippen LogP contribution in [0, 0.1) is 5.92 Å². The summed E-state index contributed by atoms with van der Waals surface area (Å²) in [6.07, 6.45) is 1.40. The van der Waals surface area contributed by atoms with E-state index in [1.807, 2.05) is 36.4 Å². The maximum absolute atomic E-state index is 12.2. The second-order valence-corrected chi connectivity index (χ2v) is 8.05. The number of nitrogens with two attached hydrogens (primary N) is 1. The fourth-order valence-corrected chi connectivity index (χ4v) is 4.47. The van der Waals surface area contributed by atoms with E-state index in [1.54, 1.807) is 0 Å². The van der Waals surface area contributed by atoms with Crippen LogP contribution in [-0.4, -0.2) is 48.1 Å². The Bertz CT molecular complexity index is 900. The summed E-state index contributed by atoms with van der Waals surface area (Å²) in [7, 11) is 0. The quantitative estimate of drug-likeness (QED) is 0.573. The lowest BCUT2D eigenvalue weighted by Crippen LogP contribution is -2.45. The van der Waals surface area contributed by atoms with Gasteiger partial charge in [-0.1, -0.05) is 35.9 Å². The number of benzene rings is 2. The normalized spacial score (nSPS) is 16.8. The van der Waals surface area contributed by atoms with Gasteiger partial charge in [0.2, 0.25) is 5.91 Å². The summed E-state index contributed by atoms with van der Waals surface area (Å²) in [5.41, 5.74) is 5.32. The van der Waals surface area contributed by atoms with Gasteiger partial charge in [0.1, 0.15) is 0 Å². The van der Waals surface area contributed by atoms with Gasteiger partial charge in [0.15, 0.2) is 6.61 Å². The number of likely N-dealkylation sites (tertiary alicyclic amines) is 1. The lowest BCUT2D eigenvalue weighted by atomic mass is 9.97. The van der Waals surface area contributed by atoms with Crippen molar-refractivity contribution >= 4 is 51.9 Å². The Hall–Kier alpha value is -2.25. The van der Waals surface area contributed by atoms with Gasteiger partial charge in [-0.15, -0.1) is 11.8 Å². The summed E-state index contributed by atoms with van der Waals surface area (Å²) < 4.78 is 5.12. The van der Waals surface area contributed by atoms with E-state index in [9.17, 15) is 14.4 Å². The summed E-state index contributed by atoms with van der Waals surface area (Å²) in [5.74, 6) is -1.45. The van der Waals surface area contributed by atoms with Gasteiger partial charge in [0.25, 0.3) is 5.91 Å². The Morgan fingerprint density at radius 1 is 1.21 bits per heavy atom. The van der Waals surface area contributed by atoms with E-state index in [-0.39, 0.29) is 30.7 Å². The maximum Gasteiger partial charge on any atom is 0.316 e. The zero-order chi connectivity index (χ0) is 20.1. The first kappa shape index (κ1) is 20.5. The highest BCUT2D eigenvalue weighted by Gasteiger charge is 2.27. The predicted octanol–water partition coefficient (Wildman–Crippen LogP) is 2.85.